The van der Waals surface area contributed by atoms with Gasteiger partial charge in [0.05, 0.1) is 6.61 Å². The lowest BCUT2D eigenvalue weighted by molar-refractivity contribution is 0.0945. The van der Waals surface area contributed by atoms with Crippen molar-refractivity contribution in [2.75, 3.05) is 13.2 Å². The summed E-state index contributed by atoms with van der Waals surface area (Å²) >= 11 is 1.25. The van der Waals surface area contributed by atoms with E-state index in [1.807, 2.05) is 20.8 Å². The molecular formula is C17H21FN2O2S. The number of nitrogens with one attached hydrogen (secondary N) is 1. The van der Waals surface area contributed by atoms with Crippen LogP contribution in [0.25, 0.3) is 10.6 Å². The van der Waals surface area contributed by atoms with Crippen molar-refractivity contribution in [3.8, 4) is 16.3 Å². The highest BCUT2D eigenvalue weighted by molar-refractivity contribution is 7.13. The molecule has 1 N–H and O–H groups in total. The largest absolute Gasteiger partial charge is 0.494 e. The molecule has 1 aromatic heterocycles. The number of benzene rings is 1. The van der Waals surface area contributed by atoms with E-state index < -0.39 is 5.82 Å². The fourth-order valence-corrected chi connectivity index (χ4v) is 2.69. The molecular weight excluding hydrogens is 315 g/mol. The van der Waals surface area contributed by atoms with Crippen molar-refractivity contribution in [2.24, 2.45) is 5.92 Å². The number of aromatic nitrogens is 1. The fraction of sp³-hybridized carbons (Fsp3) is 0.412. The highest BCUT2D eigenvalue weighted by Gasteiger charge is 2.15. The van der Waals surface area contributed by atoms with Crippen LogP contribution in [0.4, 0.5) is 4.39 Å². The van der Waals surface area contributed by atoms with Gasteiger partial charge in [-0.25, -0.2) is 9.37 Å². The summed E-state index contributed by atoms with van der Waals surface area (Å²) in [6, 6.07) is 4.70. The SMILES string of the molecule is CCCOc1ccc(-c2nc(C(=O)NCC(C)C)cs2)c(F)c1. The van der Waals surface area contributed by atoms with Crippen molar-refractivity contribution in [3.05, 3.63) is 35.1 Å². The topological polar surface area (TPSA) is 51.2 Å². The van der Waals surface area contributed by atoms with E-state index >= 15 is 0 Å². The van der Waals surface area contributed by atoms with Gasteiger partial charge in [-0.15, -0.1) is 11.3 Å². The Balaban J connectivity index is 2.12. The number of ether oxygens (including phenoxy) is 1. The van der Waals surface area contributed by atoms with Crippen molar-refractivity contribution < 1.29 is 13.9 Å². The van der Waals surface area contributed by atoms with Gasteiger partial charge in [-0.3, -0.25) is 4.79 Å². The van der Waals surface area contributed by atoms with Gasteiger partial charge in [0, 0.05) is 23.6 Å². The number of carbonyl (C=O) groups is 1. The Morgan fingerprint density at radius 3 is 2.87 bits per heavy atom. The third-order valence-electron chi connectivity index (χ3n) is 3.05. The van der Waals surface area contributed by atoms with E-state index in [4.69, 9.17) is 4.74 Å². The minimum absolute atomic E-state index is 0.232. The molecule has 0 fully saturated rings. The average Bonchev–Trinajstić information content (AvgIpc) is 3.00. The van der Waals surface area contributed by atoms with Gasteiger partial charge in [-0.1, -0.05) is 20.8 Å². The first kappa shape index (κ1) is 17.4. The van der Waals surface area contributed by atoms with E-state index in [-0.39, 0.29) is 5.91 Å². The molecule has 0 bridgehead atoms. The van der Waals surface area contributed by atoms with Crippen molar-refractivity contribution >= 4 is 17.2 Å². The van der Waals surface area contributed by atoms with Gasteiger partial charge in [-0.05, 0) is 24.5 Å². The number of thiazole rings is 1. The molecule has 6 heteroatoms. The van der Waals surface area contributed by atoms with Crippen LogP contribution in [-0.4, -0.2) is 24.0 Å². The molecule has 23 heavy (non-hydrogen) atoms. The van der Waals surface area contributed by atoms with Crippen molar-refractivity contribution in [1.29, 1.82) is 0 Å². The van der Waals surface area contributed by atoms with E-state index in [2.05, 4.69) is 10.3 Å². The molecule has 0 aliphatic heterocycles. The number of halogens is 1. The van der Waals surface area contributed by atoms with Crippen molar-refractivity contribution in [2.45, 2.75) is 27.2 Å². The molecule has 2 aromatic rings. The number of rotatable bonds is 7. The number of nitrogens with zero attached hydrogens (tertiary/aromatic N) is 1. The fourth-order valence-electron chi connectivity index (χ4n) is 1.87. The van der Waals surface area contributed by atoms with Crippen molar-refractivity contribution in [3.63, 3.8) is 0 Å². The highest BCUT2D eigenvalue weighted by atomic mass is 32.1. The summed E-state index contributed by atoms with van der Waals surface area (Å²) in [7, 11) is 0. The van der Waals surface area contributed by atoms with E-state index in [0.29, 0.717) is 41.1 Å². The minimum atomic E-state index is -0.401. The standard InChI is InChI=1S/C17H21FN2O2S/c1-4-7-22-12-5-6-13(14(18)8-12)17-20-15(10-23-17)16(21)19-9-11(2)3/h5-6,8,10-11H,4,7,9H2,1-3H3,(H,19,21). The molecule has 124 valence electrons. The Morgan fingerprint density at radius 2 is 2.22 bits per heavy atom. The molecule has 1 amide bonds. The van der Waals surface area contributed by atoms with Crippen LogP contribution in [0.1, 0.15) is 37.7 Å². The maximum absolute atomic E-state index is 14.2. The number of hydrogen-bond donors (Lipinski definition) is 1. The van der Waals surface area contributed by atoms with Gasteiger partial charge in [0.2, 0.25) is 0 Å². The van der Waals surface area contributed by atoms with Crippen LogP contribution >= 0.6 is 11.3 Å². The maximum Gasteiger partial charge on any atom is 0.270 e. The van der Waals surface area contributed by atoms with Gasteiger partial charge >= 0.3 is 0 Å². The normalized spacial score (nSPS) is 10.8. The molecule has 4 nitrogen and oxygen atoms in total. The van der Waals surface area contributed by atoms with Gasteiger partial charge < -0.3 is 10.1 Å². The highest BCUT2D eigenvalue weighted by Crippen LogP contribution is 2.29. The van der Waals surface area contributed by atoms with Crippen LogP contribution in [0.2, 0.25) is 0 Å². The lowest BCUT2D eigenvalue weighted by Gasteiger charge is -2.06. The van der Waals surface area contributed by atoms with Crippen LogP contribution in [-0.2, 0) is 0 Å². The average molecular weight is 336 g/mol. The second-order valence-electron chi connectivity index (χ2n) is 5.63. The summed E-state index contributed by atoms with van der Waals surface area (Å²) in [6.45, 7) is 7.17. The van der Waals surface area contributed by atoms with E-state index in [0.717, 1.165) is 6.42 Å². The lowest BCUT2D eigenvalue weighted by Crippen LogP contribution is -2.27. The number of carbonyl (C=O) groups excluding carboxylic acids is 1. The molecule has 0 aliphatic carbocycles. The Bertz CT molecular complexity index is 670. The summed E-state index contributed by atoms with van der Waals surface area (Å²) in [4.78, 5) is 16.2. The zero-order valence-electron chi connectivity index (χ0n) is 13.6. The Morgan fingerprint density at radius 1 is 1.43 bits per heavy atom. The van der Waals surface area contributed by atoms with Crippen LogP contribution in [0.15, 0.2) is 23.6 Å². The van der Waals surface area contributed by atoms with E-state index in [1.165, 1.54) is 17.4 Å². The van der Waals surface area contributed by atoms with Gasteiger partial charge in [0.25, 0.3) is 5.91 Å². The summed E-state index contributed by atoms with van der Waals surface area (Å²) in [5.41, 5.74) is 0.693. The zero-order valence-corrected chi connectivity index (χ0v) is 14.4. The second-order valence-corrected chi connectivity index (χ2v) is 6.49. The van der Waals surface area contributed by atoms with Crippen LogP contribution in [0.3, 0.4) is 0 Å². The quantitative estimate of drug-likeness (QED) is 0.827. The molecule has 0 unspecified atom stereocenters. The molecule has 0 aliphatic rings. The molecule has 0 saturated heterocycles. The Hall–Kier alpha value is -1.95. The second kappa shape index (κ2) is 8.06. The van der Waals surface area contributed by atoms with E-state index in [9.17, 15) is 9.18 Å². The predicted octanol–water partition coefficient (Wildman–Crippen LogP) is 4.12. The summed E-state index contributed by atoms with van der Waals surface area (Å²) < 4.78 is 19.6. The third-order valence-corrected chi connectivity index (χ3v) is 3.93. The third kappa shape index (κ3) is 4.76. The first-order valence-electron chi connectivity index (χ1n) is 7.67. The van der Waals surface area contributed by atoms with Gasteiger partial charge in [-0.2, -0.15) is 0 Å². The van der Waals surface area contributed by atoms with Gasteiger partial charge in [0.1, 0.15) is 22.3 Å². The molecule has 1 aromatic carbocycles. The lowest BCUT2D eigenvalue weighted by atomic mass is 10.2. The predicted molar refractivity (Wildman–Crippen MR) is 90.5 cm³/mol. The molecule has 2 rings (SSSR count). The van der Waals surface area contributed by atoms with Crippen LogP contribution in [0.5, 0.6) is 5.75 Å². The molecule has 0 radical (unpaired) electrons. The zero-order chi connectivity index (χ0) is 16.8. The molecule has 1 heterocycles. The first-order valence-corrected chi connectivity index (χ1v) is 8.55. The van der Waals surface area contributed by atoms with E-state index in [1.54, 1.807) is 17.5 Å². The Labute approximate surface area is 139 Å². The maximum atomic E-state index is 14.2. The smallest absolute Gasteiger partial charge is 0.270 e. The number of amides is 1. The monoisotopic (exact) mass is 336 g/mol. The summed E-state index contributed by atoms with van der Waals surface area (Å²) in [5, 5.41) is 4.93. The first-order chi connectivity index (χ1) is 11.0. The molecule has 0 saturated carbocycles. The summed E-state index contributed by atoms with van der Waals surface area (Å²) in [6.07, 6.45) is 0.866. The Kier molecular flexibility index (Phi) is 6.10. The van der Waals surface area contributed by atoms with Crippen LogP contribution in [0, 0.1) is 11.7 Å². The summed E-state index contributed by atoms with van der Waals surface area (Å²) in [5.74, 6) is 0.233. The van der Waals surface area contributed by atoms with Gasteiger partial charge in [0.15, 0.2) is 0 Å². The minimum Gasteiger partial charge on any atom is -0.494 e. The van der Waals surface area contributed by atoms with Crippen LogP contribution < -0.4 is 10.1 Å². The number of hydrogen-bond acceptors (Lipinski definition) is 4. The molecule has 0 spiro atoms. The molecule has 0 atom stereocenters. The van der Waals surface area contributed by atoms with Crippen molar-refractivity contribution in [1.82, 2.24) is 10.3 Å².